The van der Waals surface area contributed by atoms with E-state index >= 15 is 0 Å². The summed E-state index contributed by atoms with van der Waals surface area (Å²) < 4.78 is 4.41. The Morgan fingerprint density at radius 1 is 1.70 bits per heavy atom. The molecule has 1 rings (SSSR count). The molecule has 1 radical (unpaired) electrons. The third-order valence-corrected chi connectivity index (χ3v) is 1.04. The first-order valence-electron chi connectivity index (χ1n) is 2.80. The van der Waals surface area contributed by atoms with Gasteiger partial charge < -0.3 is 4.74 Å². The molecule has 1 heterocycles. The van der Waals surface area contributed by atoms with Gasteiger partial charge in [-0.1, -0.05) is 0 Å². The SMILES string of the molecule is COC(=O)C1[N]C=CC=N1. The quantitative estimate of drug-likeness (QED) is 0.468. The minimum atomic E-state index is -0.685. The smallest absolute Gasteiger partial charge is 0.353 e. The molecule has 4 nitrogen and oxygen atoms in total. The van der Waals surface area contributed by atoms with E-state index in [-0.39, 0.29) is 0 Å². The van der Waals surface area contributed by atoms with Gasteiger partial charge in [0.15, 0.2) is 0 Å². The van der Waals surface area contributed by atoms with Crippen LogP contribution in [0.15, 0.2) is 17.3 Å². The van der Waals surface area contributed by atoms with E-state index in [1.165, 1.54) is 19.5 Å². The molecule has 0 amide bonds. The molecule has 0 aromatic carbocycles. The van der Waals surface area contributed by atoms with Gasteiger partial charge in [0.05, 0.1) is 7.11 Å². The number of methoxy groups -OCH3 is 1. The standard InChI is InChI=1S/C6H7N2O2/c1-10-6(9)5-7-3-2-4-8-5/h2-5H,1H3. The topological polar surface area (TPSA) is 52.8 Å². The third kappa shape index (κ3) is 1.34. The molecule has 0 aliphatic carbocycles. The van der Waals surface area contributed by atoms with Gasteiger partial charge in [-0.15, -0.1) is 0 Å². The highest BCUT2D eigenvalue weighted by atomic mass is 16.5. The molecule has 53 valence electrons. The van der Waals surface area contributed by atoms with Crippen LogP contribution in [-0.2, 0) is 9.53 Å². The molecule has 4 heteroatoms. The number of esters is 1. The van der Waals surface area contributed by atoms with Crippen molar-refractivity contribution in [2.75, 3.05) is 7.11 Å². The Balaban J connectivity index is 2.51. The fourth-order valence-electron chi connectivity index (χ4n) is 0.567. The average Bonchev–Trinajstić information content (AvgIpc) is 2.05. The van der Waals surface area contributed by atoms with Crippen LogP contribution in [0.3, 0.4) is 0 Å². The van der Waals surface area contributed by atoms with Crippen LogP contribution >= 0.6 is 0 Å². The maximum absolute atomic E-state index is 10.7. The highest BCUT2D eigenvalue weighted by molar-refractivity contribution is 5.81. The second-order valence-electron chi connectivity index (χ2n) is 1.69. The van der Waals surface area contributed by atoms with Gasteiger partial charge in [0.1, 0.15) is 0 Å². The number of carbonyl (C=O) groups is 1. The Kier molecular flexibility index (Phi) is 2.04. The van der Waals surface area contributed by atoms with Crippen molar-refractivity contribution in [3.05, 3.63) is 12.3 Å². The normalized spacial score (nSPS) is 21.9. The Hall–Kier alpha value is -1.32. The molecular formula is C6H7N2O2. The highest BCUT2D eigenvalue weighted by Gasteiger charge is 2.17. The van der Waals surface area contributed by atoms with Crippen molar-refractivity contribution in [3.63, 3.8) is 0 Å². The number of nitrogens with zero attached hydrogens (tertiary/aromatic N) is 2. The Morgan fingerprint density at radius 2 is 2.50 bits per heavy atom. The number of hydrogen-bond donors (Lipinski definition) is 0. The fourth-order valence-corrected chi connectivity index (χ4v) is 0.567. The van der Waals surface area contributed by atoms with Crippen molar-refractivity contribution in [2.24, 2.45) is 4.99 Å². The van der Waals surface area contributed by atoms with Gasteiger partial charge in [-0.2, -0.15) is 0 Å². The molecule has 0 spiro atoms. The summed E-state index contributed by atoms with van der Waals surface area (Å²) in [5, 5.41) is 3.75. The van der Waals surface area contributed by atoms with Gasteiger partial charge in [-0.05, 0) is 6.08 Å². The van der Waals surface area contributed by atoms with E-state index in [0.29, 0.717) is 0 Å². The predicted octanol–water partition coefficient (Wildman–Crippen LogP) is -0.312. The van der Waals surface area contributed by atoms with Crippen LogP contribution < -0.4 is 5.32 Å². The van der Waals surface area contributed by atoms with E-state index in [2.05, 4.69) is 15.0 Å². The predicted molar refractivity (Wildman–Crippen MR) is 35.6 cm³/mol. The van der Waals surface area contributed by atoms with E-state index in [1.54, 1.807) is 6.08 Å². The van der Waals surface area contributed by atoms with Crippen LogP contribution in [0.4, 0.5) is 0 Å². The molecule has 0 saturated carbocycles. The number of ether oxygens (including phenoxy) is 1. The molecule has 1 aliphatic heterocycles. The summed E-state index contributed by atoms with van der Waals surface area (Å²) in [6, 6.07) is 0. The summed E-state index contributed by atoms with van der Waals surface area (Å²) in [4.78, 5) is 14.5. The molecule has 10 heavy (non-hydrogen) atoms. The summed E-state index contributed by atoms with van der Waals surface area (Å²) in [6.45, 7) is 0. The molecule has 0 bridgehead atoms. The lowest BCUT2D eigenvalue weighted by molar-refractivity contribution is -0.142. The maximum atomic E-state index is 10.7. The van der Waals surface area contributed by atoms with Crippen LogP contribution in [-0.4, -0.2) is 25.5 Å². The zero-order valence-corrected chi connectivity index (χ0v) is 5.52. The molecular weight excluding hydrogens is 132 g/mol. The lowest BCUT2D eigenvalue weighted by Crippen LogP contribution is -2.29. The first-order valence-corrected chi connectivity index (χ1v) is 2.80. The lowest BCUT2D eigenvalue weighted by Gasteiger charge is -2.08. The fraction of sp³-hybridized carbons (Fsp3) is 0.333. The maximum Gasteiger partial charge on any atom is 0.353 e. The molecule has 1 atom stereocenters. The second kappa shape index (κ2) is 3.00. The Labute approximate surface area is 58.6 Å². The molecule has 1 unspecified atom stereocenters. The number of hydrogen-bond acceptors (Lipinski definition) is 3. The van der Waals surface area contributed by atoms with E-state index in [0.717, 1.165) is 0 Å². The van der Waals surface area contributed by atoms with Crippen LogP contribution in [0.25, 0.3) is 0 Å². The minimum absolute atomic E-state index is 0.430. The van der Waals surface area contributed by atoms with Crippen molar-refractivity contribution in [1.29, 1.82) is 0 Å². The van der Waals surface area contributed by atoms with Gasteiger partial charge >= 0.3 is 5.97 Å². The van der Waals surface area contributed by atoms with Crippen LogP contribution in [0.5, 0.6) is 0 Å². The van der Waals surface area contributed by atoms with Crippen LogP contribution in [0.1, 0.15) is 0 Å². The van der Waals surface area contributed by atoms with Crippen molar-refractivity contribution in [2.45, 2.75) is 6.17 Å². The number of carbonyl (C=O) groups excluding carboxylic acids is 1. The van der Waals surface area contributed by atoms with Crippen molar-refractivity contribution in [1.82, 2.24) is 5.32 Å². The second-order valence-corrected chi connectivity index (χ2v) is 1.69. The zero-order valence-electron chi connectivity index (χ0n) is 5.52. The molecule has 0 aromatic rings. The van der Waals surface area contributed by atoms with Gasteiger partial charge in [0.2, 0.25) is 6.17 Å². The van der Waals surface area contributed by atoms with Crippen molar-refractivity contribution >= 4 is 12.2 Å². The first-order chi connectivity index (χ1) is 4.84. The van der Waals surface area contributed by atoms with Crippen LogP contribution in [0.2, 0.25) is 0 Å². The number of aliphatic imine (C=N–C) groups is 1. The molecule has 1 aliphatic rings. The molecule has 0 aromatic heterocycles. The molecule has 0 N–H and O–H groups in total. The summed E-state index contributed by atoms with van der Waals surface area (Å²) in [5.74, 6) is -0.430. The van der Waals surface area contributed by atoms with E-state index < -0.39 is 12.1 Å². The Bertz CT molecular complexity index is 186. The molecule has 0 fully saturated rings. The third-order valence-electron chi connectivity index (χ3n) is 1.04. The highest BCUT2D eigenvalue weighted by Crippen LogP contribution is 1.94. The van der Waals surface area contributed by atoms with Crippen molar-refractivity contribution < 1.29 is 9.53 Å². The summed E-state index contributed by atoms with van der Waals surface area (Å²) >= 11 is 0. The summed E-state index contributed by atoms with van der Waals surface area (Å²) in [7, 11) is 1.31. The van der Waals surface area contributed by atoms with Crippen molar-refractivity contribution in [3.8, 4) is 0 Å². The zero-order chi connectivity index (χ0) is 7.40. The van der Waals surface area contributed by atoms with Gasteiger partial charge in [-0.3, -0.25) is 10.3 Å². The number of allylic oxidation sites excluding steroid dienone is 1. The minimum Gasteiger partial charge on any atom is -0.466 e. The van der Waals surface area contributed by atoms with Crippen LogP contribution in [0, 0.1) is 0 Å². The van der Waals surface area contributed by atoms with Gasteiger partial charge in [-0.25, -0.2) is 4.79 Å². The monoisotopic (exact) mass is 139 g/mol. The lowest BCUT2D eigenvalue weighted by atomic mass is 10.4. The summed E-state index contributed by atoms with van der Waals surface area (Å²) in [6.07, 6.45) is 4.01. The largest absolute Gasteiger partial charge is 0.466 e. The first kappa shape index (κ1) is 6.80. The van der Waals surface area contributed by atoms with E-state index in [1.807, 2.05) is 0 Å². The summed E-state index contributed by atoms with van der Waals surface area (Å²) in [5.41, 5.74) is 0. The van der Waals surface area contributed by atoms with E-state index in [4.69, 9.17) is 0 Å². The molecule has 0 saturated heterocycles. The number of rotatable bonds is 1. The van der Waals surface area contributed by atoms with Gasteiger partial charge in [0, 0.05) is 12.4 Å². The van der Waals surface area contributed by atoms with Gasteiger partial charge in [0.25, 0.3) is 0 Å². The Morgan fingerprint density at radius 3 is 3.00 bits per heavy atom. The average molecular weight is 139 g/mol. The van der Waals surface area contributed by atoms with E-state index in [9.17, 15) is 4.79 Å².